The Morgan fingerprint density at radius 3 is 2.09 bits per heavy atom. The molecule has 1 N–H and O–H groups in total. The van der Waals surface area contributed by atoms with Gasteiger partial charge in [-0.25, -0.2) is 8.42 Å². The maximum atomic E-state index is 14.6. The molecule has 0 aliphatic heterocycles. The Morgan fingerprint density at radius 2 is 1.48 bits per heavy atom. The molecule has 9 heteroatoms. The number of amides is 2. The molecule has 4 aromatic rings. The molecule has 0 radical (unpaired) electrons. The number of carbonyl (C=O) groups excluding carboxylic acids is 2. The molecule has 2 unspecified atom stereocenters. The third-order valence-corrected chi connectivity index (χ3v) is 9.91. The van der Waals surface area contributed by atoms with E-state index in [1.807, 2.05) is 82.3 Å². The van der Waals surface area contributed by atoms with E-state index in [9.17, 15) is 18.0 Å². The fraction of sp³-hybridized carbons (Fsp3) is 0.297. The molecule has 2 atom stereocenters. The van der Waals surface area contributed by atoms with E-state index in [1.54, 1.807) is 36.4 Å². The number of anilines is 1. The lowest BCUT2D eigenvalue weighted by atomic mass is 10.0. The van der Waals surface area contributed by atoms with Gasteiger partial charge in [-0.05, 0) is 80.3 Å². The van der Waals surface area contributed by atoms with Crippen LogP contribution in [-0.4, -0.2) is 50.9 Å². The largest absolute Gasteiger partial charge is 0.497 e. The van der Waals surface area contributed by atoms with Gasteiger partial charge in [-0.2, -0.15) is 0 Å². The molecule has 0 aliphatic rings. The second kappa shape index (κ2) is 15.6. The van der Waals surface area contributed by atoms with Crippen molar-refractivity contribution in [2.24, 2.45) is 0 Å². The summed E-state index contributed by atoms with van der Waals surface area (Å²) < 4.78 is 34.8. The normalized spacial score (nSPS) is 12.5. The zero-order chi connectivity index (χ0) is 33.3. The van der Waals surface area contributed by atoms with E-state index in [4.69, 9.17) is 4.74 Å². The summed E-state index contributed by atoms with van der Waals surface area (Å²) in [6.07, 6.45) is 0.976. The van der Waals surface area contributed by atoms with Crippen LogP contribution in [0.25, 0.3) is 0 Å². The molecular weight excluding hydrogens is 598 g/mol. The molecule has 0 saturated heterocycles. The van der Waals surface area contributed by atoms with Crippen LogP contribution in [0.15, 0.2) is 108 Å². The summed E-state index contributed by atoms with van der Waals surface area (Å²) in [5.74, 6) is -0.249. The van der Waals surface area contributed by atoms with E-state index < -0.39 is 28.5 Å². The van der Waals surface area contributed by atoms with Crippen LogP contribution >= 0.6 is 0 Å². The van der Waals surface area contributed by atoms with Crippen LogP contribution in [0.4, 0.5) is 5.69 Å². The molecule has 0 aliphatic carbocycles. The second-order valence-electron chi connectivity index (χ2n) is 11.5. The Hall–Kier alpha value is -4.63. The Balaban J connectivity index is 1.82. The minimum atomic E-state index is -4.18. The third kappa shape index (κ3) is 8.54. The van der Waals surface area contributed by atoms with Gasteiger partial charge >= 0.3 is 0 Å². The van der Waals surface area contributed by atoms with Crippen molar-refractivity contribution in [2.75, 3.05) is 18.0 Å². The molecule has 0 aromatic heterocycles. The smallest absolute Gasteiger partial charge is 0.264 e. The van der Waals surface area contributed by atoms with Crippen molar-refractivity contribution in [3.63, 3.8) is 0 Å². The van der Waals surface area contributed by atoms with Crippen LogP contribution in [-0.2, 0) is 32.6 Å². The van der Waals surface area contributed by atoms with Gasteiger partial charge in [0, 0.05) is 19.0 Å². The summed E-state index contributed by atoms with van der Waals surface area (Å²) in [7, 11) is -2.66. The molecule has 0 spiro atoms. The van der Waals surface area contributed by atoms with Crippen LogP contribution in [0, 0.1) is 13.8 Å². The molecule has 0 bridgehead atoms. The average molecular weight is 642 g/mol. The lowest BCUT2D eigenvalue weighted by Crippen LogP contribution is -2.54. The van der Waals surface area contributed by atoms with Crippen molar-refractivity contribution in [3.8, 4) is 5.75 Å². The maximum Gasteiger partial charge on any atom is 0.264 e. The Kier molecular flexibility index (Phi) is 11.6. The monoisotopic (exact) mass is 641 g/mol. The lowest BCUT2D eigenvalue weighted by molar-refractivity contribution is -0.140. The molecular formula is C37H43N3O5S. The number of methoxy groups -OCH3 is 1. The molecule has 242 valence electrons. The topological polar surface area (TPSA) is 96.0 Å². The average Bonchev–Trinajstić information content (AvgIpc) is 3.06. The number of hydrogen-bond acceptors (Lipinski definition) is 5. The van der Waals surface area contributed by atoms with Crippen LogP contribution in [0.3, 0.4) is 0 Å². The number of aryl methyl sites for hydroxylation is 2. The summed E-state index contributed by atoms with van der Waals surface area (Å²) in [5, 5.41) is 3.07. The van der Waals surface area contributed by atoms with Crippen LogP contribution in [0.1, 0.15) is 42.5 Å². The molecule has 4 aromatic carbocycles. The standard InChI is InChI=1S/C37H43N3O5S/c1-6-29(4)38-37(42)35(24-30-13-8-7-9-14-30)39(25-31-15-11-10-12-28(31)3)36(41)26-40(32-18-20-33(45-5)21-19-32)46(43,44)34-22-16-27(2)17-23-34/h7-23,29,35H,6,24-26H2,1-5H3,(H,38,42). The van der Waals surface area contributed by atoms with E-state index >= 15 is 0 Å². The number of rotatable bonds is 14. The number of benzene rings is 4. The van der Waals surface area contributed by atoms with E-state index in [2.05, 4.69) is 5.32 Å². The number of nitrogens with one attached hydrogen (secondary N) is 1. The molecule has 0 heterocycles. The van der Waals surface area contributed by atoms with Crippen molar-refractivity contribution in [2.45, 2.75) is 64.1 Å². The fourth-order valence-corrected chi connectivity index (χ4v) is 6.49. The first-order valence-electron chi connectivity index (χ1n) is 15.4. The van der Waals surface area contributed by atoms with Gasteiger partial charge in [0.05, 0.1) is 17.7 Å². The summed E-state index contributed by atoms with van der Waals surface area (Å²) in [5.41, 5.74) is 3.91. The first-order valence-corrected chi connectivity index (χ1v) is 16.9. The quantitative estimate of drug-likeness (QED) is 0.181. The zero-order valence-electron chi connectivity index (χ0n) is 27.1. The lowest BCUT2D eigenvalue weighted by Gasteiger charge is -2.34. The Labute approximate surface area is 273 Å². The van der Waals surface area contributed by atoms with E-state index in [1.165, 1.54) is 24.1 Å². The van der Waals surface area contributed by atoms with Crippen molar-refractivity contribution in [1.82, 2.24) is 10.2 Å². The summed E-state index contributed by atoms with van der Waals surface area (Å²) in [4.78, 5) is 30.1. The maximum absolute atomic E-state index is 14.6. The number of nitrogens with zero attached hydrogens (tertiary/aromatic N) is 2. The Morgan fingerprint density at radius 1 is 0.848 bits per heavy atom. The predicted octanol–water partition coefficient (Wildman–Crippen LogP) is 6.06. The predicted molar refractivity (Wildman–Crippen MR) is 182 cm³/mol. The van der Waals surface area contributed by atoms with E-state index in [-0.39, 0.29) is 29.8 Å². The van der Waals surface area contributed by atoms with Crippen LogP contribution < -0.4 is 14.4 Å². The zero-order valence-corrected chi connectivity index (χ0v) is 28.0. The van der Waals surface area contributed by atoms with Gasteiger partial charge in [0.2, 0.25) is 11.8 Å². The van der Waals surface area contributed by atoms with Crippen LogP contribution in [0.5, 0.6) is 5.75 Å². The van der Waals surface area contributed by atoms with E-state index in [0.717, 1.165) is 33.0 Å². The first-order chi connectivity index (χ1) is 22.0. The molecule has 8 nitrogen and oxygen atoms in total. The van der Waals surface area contributed by atoms with Gasteiger partial charge in [0.1, 0.15) is 18.3 Å². The van der Waals surface area contributed by atoms with Crippen molar-refractivity contribution >= 4 is 27.5 Å². The number of hydrogen-bond donors (Lipinski definition) is 1. The number of carbonyl (C=O) groups is 2. The van der Waals surface area contributed by atoms with E-state index in [0.29, 0.717) is 11.4 Å². The summed E-state index contributed by atoms with van der Waals surface area (Å²) >= 11 is 0. The third-order valence-electron chi connectivity index (χ3n) is 8.12. The van der Waals surface area contributed by atoms with Gasteiger partial charge in [-0.1, -0.05) is 79.2 Å². The summed E-state index contributed by atoms with van der Waals surface area (Å²) in [6, 6.07) is 29.3. The molecule has 2 amide bonds. The highest BCUT2D eigenvalue weighted by atomic mass is 32.2. The van der Waals surface area contributed by atoms with Crippen LogP contribution in [0.2, 0.25) is 0 Å². The fourth-order valence-electron chi connectivity index (χ4n) is 5.08. The number of sulfonamides is 1. The molecule has 0 fully saturated rings. The second-order valence-corrected chi connectivity index (χ2v) is 13.4. The van der Waals surface area contributed by atoms with Crippen molar-refractivity contribution < 1.29 is 22.7 Å². The molecule has 0 saturated carbocycles. The highest BCUT2D eigenvalue weighted by molar-refractivity contribution is 7.92. The molecule has 46 heavy (non-hydrogen) atoms. The molecule has 4 rings (SSSR count). The van der Waals surface area contributed by atoms with Gasteiger partial charge in [-0.3, -0.25) is 13.9 Å². The SMILES string of the molecule is CCC(C)NC(=O)C(Cc1ccccc1)N(Cc1ccccc1C)C(=O)CN(c1ccc(OC)cc1)S(=O)(=O)c1ccc(C)cc1. The Bertz CT molecular complexity index is 1710. The van der Waals surface area contributed by atoms with Gasteiger partial charge in [-0.15, -0.1) is 0 Å². The number of ether oxygens (including phenoxy) is 1. The highest BCUT2D eigenvalue weighted by Crippen LogP contribution is 2.27. The summed E-state index contributed by atoms with van der Waals surface area (Å²) in [6.45, 7) is 7.34. The highest BCUT2D eigenvalue weighted by Gasteiger charge is 2.35. The van der Waals surface area contributed by atoms with Gasteiger partial charge in [0.25, 0.3) is 10.0 Å². The van der Waals surface area contributed by atoms with Crippen molar-refractivity contribution in [3.05, 3.63) is 125 Å². The van der Waals surface area contributed by atoms with Gasteiger partial charge < -0.3 is 15.0 Å². The first kappa shape index (κ1) is 34.2. The minimum absolute atomic E-state index is 0.0579. The minimum Gasteiger partial charge on any atom is -0.497 e. The van der Waals surface area contributed by atoms with Gasteiger partial charge in [0.15, 0.2) is 0 Å². The van der Waals surface area contributed by atoms with Crippen molar-refractivity contribution in [1.29, 1.82) is 0 Å².